The Bertz CT molecular complexity index is 742. The van der Waals surface area contributed by atoms with Gasteiger partial charge in [-0.15, -0.1) is 0 Å². The number of ether oxygens (including phenoxy) is 1. The van der Waals surface area contributed by atoms with Gasteiger partial charge < -0.3 is 15.0 Å². The second kappa shape index (κ2) is 5.52. The van der Waals surface area contributed by atoms with Gasteiger partial charge in [-0.1, -0.05) is 6.07 Å². The standard InChI is InChI=1S/C16H20N4O/c1-12(2)21-16-5-3-4-15-14(16)6-7-19(15)8-9-20-11-13(17)10-18-20/h3-7,10-12H,8-9,17H2,1-2H3. The van der Waals surface area contributed by atoms with E-state index in [1.165, 1.54) is 5.52 Å². The minimum Gasteiger partial charge on any atom is -0.490 e. The van der Waals surface area contributed by atoms with Gasteiger partial charge in [0.15, 0.2) is 0 Å². The van der Waals surface area contributed by atoms with Crippen LogP contribution in [-0.2, 0) is 13.1 Å². The second-order valence-electron chi connectivity index (χ2n) is 5.40. The Morgan fingerprint density at radius 1 is 1.24 bits per heavy atom. The van der Waals surface area contributed by atoms with Crippen molar-refractivity contribution < 1.29 is 4.74 Å². The molecule has 0 bridgehead atoms. The first-order chi connectivity index (χ1) is 10.1. The van der Waals surface area contributed by atoms with Gasteiger partial charge in [-0.05, 0) is 32.0 Å². The summed E-state index contributed by atoms with van der Waals surface area (Å²) in [5, 5.41) is 5.35. The Balaban J connectivity index is 1.83. The van der Waals surface area contributed by atoms with Crippen LogP contribution in [0.4, 0.5) is 5.69 Å². The van der Waals surface area contributed by atoms with E-state index in [9.17, 15) is 0 Å². The molecule has 0 atom stereocenters. The molecule has 0 spiro atoms. The third-order valence-electron chi connectivity index (χ3n) is 3.36. The van der Waals surface area contributed by atoms with Gasteiger partial charge >= 0.3 is 0 Å². The Hall–Kier alpha value is -2.43. The Morgan fingerprint density at radius 3 is 2.81 bits per heavy atom. The van der Waals surface area contributed by atoms with Crippen molar-refractivity contribution in [1.82, 2.24) is 14.3 Å². The van der Waals surface area contributed by atoms with Crippen molar-refractivity contribution in [2.75, 3.05) is 5.73 Å². The summed E-state index contributed by atoms with van der Waals surface area (Å²) in [6.45, 7) is 5.71. The fourth-order valence-corrected chi connectivity index (χ4v) is 2.46. The third kappa shape index (κ3) is 2.86. The number of nitrogens with zero attached hydrogens (tertiary/aromatic N) is 3. The van der Waals surface area contributed by atoms with E-state index in [1.807, 2.05) is 36.9 Å². The molecule has 0 aliphatic rings. The molecule has 3 rings (SSSR count). The molecule has 5 nitrogen and oxygen atoms in total. The molecule has 2 N–H and O–H groups in total. The van der Waals surface area contributed by atoms with Crippen LogP contribution in [0.1, 0.15) is 13.8 Å². The lowest BCUT2D eigenvalue weighted by atomic mass is 10.2. The van der Waals surface area contributed by atoms with Crippen LogP contribution < -0.4 is 10.5 Å². The first-order valence-electron chi connectivity index (χ1n) is 7.16. The van der Waals surface area contributed by atoms with Crippen molar-refractivity contribution in [3.8, 4) is 5.75 Å². The van der Waals surface area contributed by atoms with Crippen LogP contribution >= 0.6 is 0 Å². The third-order valence-corrected chi connectivity index (χ3v) is 3.36. The van der Waals surface area contributed by atoms with Gasteiger partial charge in [-0.25, -0.2) is 0 Å². The summed E-state index contributed by atoms with van der Waals surface area (Å²) in [6.07, 6.45) is 5.78. The predicted octanol–water partition coefficient (Wildman–Crippen LogP) is 2.91. The van der Waals surface area contributed by atoms with Crippen molar-refractivity contribution in [2.24, 2.45) is 0 Å². The average Bonchev–Trinajstić information content (AvgIpc) is 3.03. The monoisotopic (exact) mass is 284 g/mol. The number of aromatic nitrogens is 3. The fraction of sp³-hybridized carbons (Fsp3) is 0.312. The summed E-state index contributed by atoms with van der Waals surface area (Å²) in [4.78, 5) is 0. The summed E-state index contributed by atoms with van der Waals surface area (Å²) in [5.41, 5.74) is 7.55. The highest BCUT2D eigenvalue weighted by Gasteiger charge is 2.08. The van der Waals surface area contributed by atoms with Crippen LogP contribution in [-0.4, -0.2) is 20.5 Å². The average molecular weight is 284 g/mol. The smallest absolute Gasteiger partial charge is 0.129 e. The molecule has 110 valence electrons. The maximum absolute atomic E-state index is 5.86. The predicted molar refractivity (Wildman–Crippen MR) is 84.3 cm³/mol. The number of aryl methyl sites for hydroxylation is 2. The molecule has 5 heteroatoms. The molecule has 3 aromatic rings. The normalized spacial score (nSPS) is 11.4. The van der Waals surface area contributed by atoms with Crippen LogP contribution in [0.15, 0.2) is 42.9 Å². The van der Waals surface area contributed by atoms with Gasteiger partial charge in [0.1, 0.15) is 5.75 Å². The summed E-state index contributed by atoms with van der Waals surface area (Å²) in [6, 6.07) is 8.26. The lowest BCUT2D eigenvalue weighted by Gasteiger charge is -2.11. The summed E-state index contributed by atoms with van der Waals surface area (Å²) >= 11 is 0. The van der Waals surface area contributed by atoms with Gasteiger partial charge in [0.25, 0.3) is 0 Å². The number of hydrogen-bond donors (Lipinski definition) is 1. The lowest BCUT2D eigenvalue weighted by molar-refractivity contribution is 0.245. The maximum Gasteiger partial charge on any atom is 0.129 e. The molecule has 0 amide bonds. The molecule has 0 unspecified atom stereocenters. The highest BCUT2D eigenvalue weighted by molar-refractivity contribution is 5.86. The van der Waals surface area contributed by atoms with Gasteiger partial charge in [0, 0.05) is 24.3 Å². The lowest BCUT2D eigenvalue weighted by Crippen LogP contribution is -2.07. The number of rotatable bonds is 5. The molecule has 0 fully saturated rings. The molecule has 21 heavy (non-hydrogen) atoms. The highest BCUT2D eigenvalue weighted by atomic mass is 16.5. The zero-order chi connectivity index (χ0) is 14.8. The van der Waals surface area contributed by atoms with Crippen LogP contribution in [0.25, 0.3) is 10.9 Å². The minimum absolute atomic E-state index is 0.172. The van der Waals surface area contributed by atoms with E-state index in [1.54, 1.807) is 6.20 Å². The molecule has 0 saturated carbocycles. The molecule has 0 aliphatic carbocycles. The van der Waals surface area contributed by atoms with E-state index in [0.29, 0.717) is 5.69 Å². The first-order valence-corrected chi connectivity index (χ1v) is 7.16. The Kier molecular flexibility index (Phi) is 3.56. The van der Waals surface area contributed by atoms with E-state index in [4.69, 9.17) is 10.5 Å². The van der Waals surface area contributed by atoms with Crippen LogP contribution in [0.2, 0.25) is 0 Å². The number of benzene rings is 1. The largest absolute Gasteiger partial charge is 0.490 e. The van der Waals surface area contributed by atoms with E-state index in [0.717, 1.165) is 24.2 Å². The van der Waals surface area contributed by atoms with Crippen molar-refractivity contribution in [2.45, 2.75) is 33.0 Å². The summed E-state index contributed by atoms with van der Waals surface area (Å²) in [5.74, 6) is 0.935. The Labute approximate surface area is 123 Å². The number of nitrogen functional groups attached to an aromatic ring is 1. The molecule has 2 aromatic heterocycles. The van der Waals surface area contributed by atoms with Crippen molar-refractivity contribution >= 4 is 16.6 Å². The second-order valence-corrected chi connectivity index (χ2v) is 5.40. The molecule has 0 radical (unpaired) electrons. The van der Waals surface area contributed by atoms with Crippen LogP contribution in [0, 0.1) is 0 Å². The Morgan fingerprint density at radius 2 is 2.10 bits per heavy atom. The van der Waals surface area contributed by atoms with Crippen molar-refractivity contribution in [1.29, 1.82) is 0 Å². The topological polar surface area (TPSA) is 58.0 Å². The van der Waals surface area contributed by atoms with Gasteiger partial charge in [0.05, 0.1) is 30.0 Å². The molecule has 2 heterocycles. The van der Waals surface area contributed by atoms with E-state index < -0.39 is 0 Å². The van der Waals surface area contributed by atoms with Gasteiger partial charge in [-0.3, -0.25) is 4.68 Å². The van der Waals surface area contributed by atoms with Crippen molar-refractivity contribution in [3.63, 3.8) is 0 Å². The number of anilines is 1. The molecule has 1 aromatic carbocycles. The summed E-state index contributed by atoms with van der Waals surface area (Å²) < 4.78 is 9.92. The minimum atomic E-state index is 0.172. The van der Waals surface area contributed by atoms with Crippen LogP contribution in [0.3, 0.4) is 0 Å². The zero-order valence-corrected chi connectivity index (χ0v) is 12.4. The van der Waals surface area contributed by atoms with E-state index in [2.05, 4.69) is 28.0 Å². The van der Waals surface area contributed by atoms with Crippen molar-refractivity contribution in [3.05, 3.63) is 42.9 Å². The van der Waals surface area contributed by atoms with E-state index >= 15 is 0 Å². The quantitative estimate of drug-likeness (QED) is 0.783. The molecule has 0 aliphatic heterocycles. The SMILES string of the molecule is CC(C)Oc1cccc2c1ccn2CCn1cc(N)cn1. The number of hydrogen-bond acceptors (Lipinski definition) is 3. The zero-order valence-electron chi connectivity index (χ0n) is 12.4. The molecular formula is C16H20N4O. The van der Waals surface area contributed by atoms with Gasteiger partial charge in [0.2, 0.25) is 0 Å². The highest BCUT2D eigenvalue weighted by Crippen LogP contribution is 2.27. The number of fused-ring (bicyclic) bond motifs is 1. The van der Waals surface area contributed by atoms with Gasteiger partial charge in [-0.2, -0.15) is 5.10 Å². The fourth-order valence-electron chi connectivity index (χ4n) is 2.46. The first kappa shape index (κ1) is 13.5. The number of nitrogens with two attached hydrogens (primary N) is 1. The molecule has 0 saturated heterocycles. The molecular weight excluding hydrogens is 264 g/mol. The van der Waals surface area contributed by atoms with Crippen LogP contribution in [0.5, 0.6) is 5.75 Å². The maximum atomic E-state index is 5.86. The summed E-state index contributed by atoms with van der Waals surface area (Å²) in [7, 11) is 0. The van der Waals surface area contributed by atoms with E-state index in [-0.39, 0.29) is 6.10 Å².